The molecule has 3 aliphatic rings. The Balaban J connectivity index is 1.81. The SMILES string of the molecule is CC[C@H](OC)[C@@H](C)[C@H]1O[C@@H]1C1NCCOC1(C)/C=C/C=C(\C)[C@@H]1OC(=O)C[C@H](O)CC[C@@](C)(O)[C@@H](OC(C)=O)/C=C/[C@@H]1C. The monoisotopic (exact) mass is 607 g/mol. The Bertz CT molecular complexity index is 1040. The van der Waals surface area contributed by atoms with Crippen LogP contribution in [-0.4, -0.2) is 96.3 Å². The van der Waals surface area contributed by atoms with Crippen LogP contribution in [0.3, 0.4) is 0 Å². The lowest BCUT2D eigenvalue weighted by atomic mass is 9.86. The van der Waals surface area contributed by atoms with Gasteiger partial charge in [0.25, 0.3) is 0 Å². The fourth-order valence-corrected chi connectivity index (χ4v) is 6.28. The van der Waals surface area contributed by atoms with Gasteiger partial charge in [-0.2, -0.15) is 0 Å². The van der Waals surface area contributed by atoms with E-state index in [2.05, 4.69) is 19.2 Å². The molecule has 0 aliphatic carbocycles. The molecule has 2 saturated heterocycles. The molecular formula is C33H53NO9. The summed E-state index contributed by atoms with van der Waals surface area (Å²) in [4.78, 5) is 24.5. The summed E-state index contributed by atoms with van der Waals surface area (Å²) >= 11 is 0. The van der Waals surface area contributed by atoms with E-state index in [4.69, 9.17) is 23.7 Å². The molecule has 0 bridgehead atoms. The molecule has 3 rings (SSSR count). The second kappa shape index (κ2) is 15.3. The zero-order chi connectivity index (χ0) is 31.9. The Kier molecular flexibility index (Phi) is 12.6. The van der Waals surface area contributed by atoms with Crippen molar-refractivity contribution in [1.29, 1.82) is 0 Å². The summed E-state index contributed by atoms with van der Waals surface area (Å²) in [5.41, 5.74) is -1.25. The van der Waals surface area contributed by atoms with Gasteiger partial charge in [-0.1, -0.05) is 45.1 Å². The van der Waals surface area contributed by atoms with E-state index in [-0.39, 0.29) is 55.5 Å². The molecule has 43 heavy (non-hydrogen) atoms. The molecule has 244 valence electrons. The summed E-state index contributed by atoms with van der Waals surface area (Å²) in [5.74, 6) is -1.10. The number of hydrogen-bond acceptors (Lipinski definition) is 10. The molecule has 0 aromatic carbocycles. The lowest BCUT2D eigenvalue weighted by Gasteiger charge is -2.39. The van der Waals surface area contributed by atoms with Gasteiger partial charge in [0.05, 0.1) is 37.4 Å². The van der Waals surface area contributed by atoms with Gasteiger partial charge in [-0.15, -0.1) is 0 Å². The van der Waals surface area contributed by atoms with Crippen molar-refractivity contribution in [2.75, 3.05) is 20.3 Å². The van der Waals surface area contributed by atoms with E-state index in [0.717, 1.165) is 18.5 Å². The largest absolute Gasteiger partial charge is 0.457 e. The van der Waals surface area contributed by atoms with Gasteiger partial charge in [0, 0.05) is 32.4 Å². The third kappa shape index (κ3) is 9.45. The second-order valence-corrected chi connectivity index (χ2v) is 12.8. The molecule has 3 heterocycles. The lowest BCUT2D eigenvalue weighted by Crippen LogP contribution is -2.58. The van der Waals surface area contributed by atoms with E-state index in [9.17, 15) is 19.8 Å². The highest BCUT2D eigenvalue weighted by atomic mass is 16.6. The van der Waals surface area contributed by atoms with Crippen LogP contribution in [0.1, 0.15) is 74.1 Å². The first-order valence-corrected chi connectivity index (χ1v) is 15.6. The number of hydrogen-bond donors (Lipinski definition) is 3. The maximum atomic E-state index is 12.8. The normalized spacial score (nSPS) is 40.1. The van der Waals surface area contributed by atoms with Gasteiger partial charge in [-0.3, -0.25) is 9.59 Å². The van der Waals surface area contributed by atoms with Gasteiger partial charge in [0.1, 0.15) is 29.5 Å². The first kappa shape index (κ1) is 35.4. The van der Waals surface area contributed by atoms with Crippen molar-refractivity contribution in [2.45, 2.75) is 128 Å². The molecule has 0 saturated carbocycles. The van der Waals surface area contributed by atoms with Crippen LogP contribution < -0.4 is 5.32 Å². The molecule has 2 unspecified atom stereocenters. The predicted molar refractivity (Wildman–Crippen MR) is 162 cm³/mol. The zero-order valence-corrected chi connectivity index (χ0v) is 27.1. The van der Waals surface area contributed by atoms with Crippen LogP contribution in [0.5, 0.6) is 0 Å². The van der Waals surface area contributed by atoms with E-state index in [1.807, 2.05) is 39.0 Å². The van der Waals surface area contributed by atoms with Crippen LogP contribution in [0.15, 0.2) is 36.0 Å². The third-order valence-corrected chi connectivity index (χ3v) is 9.05. The van der Waals surface area contributed by atoms with Crippen molar-refractivity contribution in [3.8, 4) is 0 Å². The van der Waals surface area contributed by atoms with E-state index in [1.54, 1.807) is 26.2 Å². The van der Waals surface area contributed by atoms with Crippen LogP contribution >= 0.6 is 0 Å². The standard InChI is InChI=1S/C33H53NO9/c1-9-25(39-8)22(4)29-30(43-29)31-33(7,40-18-17-34-31)15-10-11-20(2)28-21(3)12-13-26(41-23(5)35)32(6,38)16-14-24(36)19-27(37)42-28/h10-13,15,21-22,24-26,28-31,34,36,38H,9,14,16-19H2,1-8H3/b13-12+,15-10+,20-11+/t21-,22+,24+,25-,26-,28-,29+,30-,31?,32+,33?/m0/s1. The van der Waals surface area contributed by atoms with E-state index in [0.29, 0.717) is 6.61 Å². The van der Waals surface area contributed by atoms with Crippen molar-refractivity contribution in [3.63, 3.8) is 0 Å². The van der Waals surface area contributed by atoms with Crippen LogP contribution in [-0.2, 0) is 33.3 Å². The molecule has 0 aromatic heterocycles. The number of morpholine rings is 1. The Morgan fingerprint density at radius 1 is 1.28 bits per heavy atom. The molecule has 0 aromatic rings. The number of aliphatic hydroxyl groups excluding tert-OH is 1. The summed E-state index contributed by atoms with van der Waals surface area (Å²) in [6, 6.07) is -0.0402. The van der Waals surface area contributed by atoms with Gasteiger partial charge in [0.2, 0.25) is 0 Å². The minimum atomic E-state index is -1.42. The summed E-state index contributed by atoms with van der Waals surface area (Å²) in [5, 5.41) is 25.1. The lowest BCUT2D eigenvalue weighted by molar-refractivity contribution is -0.157. The number of rotatable bonds is 9. The smallest absolute Gasteiger partial charge is 0.309 e. The third-order valence-electron chi connectivity index (χ3n) is 9.05. The van der Waals surface area contributed by atoms with Gasteiger partial charge in [0.15, 0.2) is 0 Å². The molecule has 0 amide bonds. The average molecular weight is 608 g/mol. The van der Waals surface area contributed by atoms with Gasteiger partial charge < -0.3 is 39.2 Å². The van der Waals surface area contributed by atoms with Crippen LogP contribution in [0.4, 0.5) is 0 Å². The minimum absolute atomic E-state index is 0.00505. The van der Waals surface area contributed by atoms with Crippen molar-refractivity contribution >= 4 is 11.9 Å². The molecule has 11 atom stereocenters. The molecule has 2 fully saturated rings. The van der Waals surface area contributed by atoms with E-state index < -0.39 is 41.5 Å². The second-order valence-electron chi connectivity index (χ2n) is 12.8. The maximum absolute atomic E-state index is 12.8. The fourth-order valence-electron chi connectivity index (χ4n) is 6.28. The predicted octanol–water partition coefficient (Wildman–Crippen LogP) is 3.40. The molecule has 0 spiro atoms. The highest BCUT2D eigenvalue weighted by Crippen LogP contribution is 2.40. The van der Waals surface area contributed by atoms with Crippen molar-refractivity contribution in [2.24, 2.45) is 11.8 Å². The number of ether oxygens (including phenoxy) is 5. The summed E-state index contributed by atoms with van der Waals surface area (Å²) in [6.45, 7) is 14.3. The van der Waals surface area contributed by atoms with Gasteiger partial charge >= 0.3 is 11.9 Å². The van der Waals surface area contributed by atoms with Crippen LogP contribution in [0.25, 0.3) is 0 Å². The van der Waals surface area contributed by atoms with Crippen LogP contribution in [0, 0.1) is 11.8 Å². The molecule has 10 nitrogen and oxygen atoms in total. The van der Waals surface area contributed by atoms with Gasteiger partial charge in [-0.05, 0) is 51.7 Å². The topological polar surface area (TPSA) is 136 Å². The number of esters is 2. The maximum Gasteiger partial charge on any atom is 0.309 e. The van der Waals surface area contributed by atoms with Crippen molar-refractivity contribution in [3.05, 3.63) is 36.0 Å². The summed E-state index contributed by atoms with van der Waals surface area (Å²) in [7, 11) is 1.74. The number of carbonyl (C=O) groups is 2. The molecule has 3 aliphatic heterocycles. The summed E-state index contributed by atoms with van der Waals surface area (Å²) in [6.07, 6.45) is 7.93. The number of carbonyl (C=O) groups excluding carboxylic acids is 2. The minimum Gasteiger partial charge on any atom is -0.457 e. The zero-order valence-electron chi connectivity index (χ0n) is 27.1. The number of aliphatic hydroxyl groups is 2. The number of nitrogens with one attached hydrogen (secondary N) is 1. The van der Waals surface area contributed by atoms with Crippen molar-refractivity contribution in [1.82, 2.24) is 5.32 Å². The number of epoxide rings is 1. The first-order chi connectivity index (χ1) is 20.2. The Labute approximate surface area is 256 Å². The van der Waals surface area contributed by atoms with Crippen LogP contribution in [0.2, 0.25) is 0 Å². The quantitative estimate of drug-likeness (QED) is 0.155. The first-order valence-electron chi connectivity index (χ1n) is 15.6. The Morgan fingerprint density at radius 3 is 2.65 bits per heavy atom. The Morgan fingerprint density at radius 2 is 2.00 bits per heavy atom. The highest BCUT2D eigenvalue weighted by molar-refractivity contribution is 5.70. The number of allylic oxidation sites excluding steroid dienone is 2. The van der Waals surface area contributed by atoms with E-state index in [1.165, 1.54) is 6.92 Å². The fraction of sp³-hybridized carbons (Fsp3) is 0.758. The molecule has 0 radical (unpaired) electrons. The molecule has 3 N–H and O–H groups in total. The number of cyclic esters (lactones) is 1. The molecule has 10 heteroatoms. The number of methoxy groups -OCH3 is 1. The van der Waals surface area contributed by atoms with E-state index >= 15 is 0 Å². The molecular weight excluding hydrogens is 554 g/mol. The summed E-state index contributed by atoms with van der Waals surface area (Å²) < 4.78 is 29.4. The Hall–Kier alpha value is -2.08. The van der Waals surface area contributed by atoms with Crippen molar-refractivity contribution < 1.29 is 43.5 Å². The van der Waals surface area contributed by atoms with Gasteiger partial charge in [-0.25, -0.2) is 0 Å². The highest BCUT2D eigenvalue weighted by Gasteiger charge is 2.55. The average Bonchev–Trinajstić information content (AvgIpc) is 3.73.